The molecular formula is C25H31BrN2O5S. The summed E-state index contributed by atoms with van der Waals surface area (Å²) in [4.78, 5) is 15.5. The quantitative estimate of drug-likeness (QED) is 0.496. The van der Waals surface area contributed by atoms with Crippen LogP contribution in [0.15, 0.2) is 45.8 Å². The molecule has 1 aliphatic carbocycles. The predicted octanol–water partition coefficient (Wildman–Crippen LogP) is 4.77. The number of anilines is 1. The number of halogens is 1. The lowest BCUT2D eigenvalue weighted by molar-refractivity contribution is -0.119. The summed E-state index contributed by atoms with van der Waals surface area (Å²) in [5.41, 5.74) is 1.94. The molecule has 184 valence electrons. The minimum atomic E-state index is -3.94. The fourth-order valence-corrected chi connectivity index (χ4v) is 7.14. The van der Waals surface area contributed by atoms with Crippen molar-refractivity contribution in [3.05, 3.63) is 46.4 Å². The van der Waals surface area contributed by atoms with E-state index in [4.69, 9.17) is 9.47 Å². The van der Waals surface area contributed by atoms with E-state index < -0.39 is 10.0 Å². The fourth-order valence-electron chi connectivity index (χ4n) is 5.08. The van der Waals surface area contributed by atoms with Crippen LogP contribution < -0.4 is 14.4 Å². The minimum absolute atomic E-state index is 0.0335. The lowest BCUT2D eigenvalue weighted by Crippen LogP contribution is -2.49. The number of ether oxygens (including phenoxy) is 2. The molecule has 1 amide bonds. The molecule has 1 aliphatic heterocycles. The zero-order chi connectivity index (χ0) is 24.5. The van der Waals surface area contributed by atoms with Crippen molar-refractivity contribution in [3.63, 3.8) is 0 Å². The van der Waals surface area contributed by atoms with Crippen molar-refractivity contribution >= 4 is 37.5 Å². The molecule has 1 fully saturated rings. The van der Waals surface area contributed by atoms with Crippen LogP contribution >= 0.6 is 15.9 Å². The van der Waals surface area contributed by atoms with Gasteiger partial charge < -0.3 is 14.4 Å². The van der Waals surface area contributed by atoms with Crippen LogP contribution in [0.1, 0.15) is 44.6 Å². The highest BCUT2D eigenvalue weighted by Crippen LogP contribution is 2.36. The fraction of sp³-hybridized carbons (Fsp3) is 0.480. The summed E-state index contributed by atoms with van der Waals surface area (Å²) in [5, 5.41) is 0. The molecule has 7 nitrogen and oxygen atoms in total. The standard InChI is InChI=1S/C25H31BrN2O5S/c1-17-13-18-14-19(26)9-11-22(18)28(17)25(29)16-27(20-7-5-4-6-8-20)34(30,31)21-10-12-23(32-2)24(15-21)33-3/h9-12,14-15,17,20H,4-8,13,16H2,1-3H3. The number of amides is 1. The van der Waals surface area contributed by atoms with E-state index in [-0.39, 0.29) is 29.4 Å². The Balaban J connectivity index is 1.68. The molecule has 0 bridgehead atoms. The van der Waals surface area contributed by atoms with Crippen molar-refractivity contribution in [3.8, 4) is 11.5 Å². The van der Waals surface area contributed by atoms with E-state index in [2.05, 4.69) is 15.9 Å². The number of sulfonamides is 1. The van der Waals surface area contributed by atoms with E-state index in [1.165, 1.54) is 30.7 Å². The topological polar surface area (TPSA) is 76.2 Å². The number of benzene rings is 2. The highest BCUT2D eigenvalue weighted by atomic mass is 79.9. The maximum atomic E-state index is 13.9. The van der Waals surface area contributed by atoms with Crippen LogP contribution in [0.25, 0.3) is 0 Å². The van der Waals surface area contributed by atoms with E-state index in [0.29, 0.717) is 11.5 Å². The lowest BCUT2D eigenvalue weighted by Gasteiger charge is -2.34. The van der Waals surface area contributed by atoms with Crippen LogP contribution in [0.4, 0.5) is 5.69 Å². The third-order valence-electron chi connectivity index (χ3n) is 6.76. The zero-order valence-corrected chi connectivity index (χ0v) is 22.2. The van der Waals surface area contributed by atoms with Crippen LogP contribution in [0.3, 0.4) is 0 Å². The predicted molar refractivity (Wildman–Crippen MR) is 135 cm³/mol. The number of methoxy groups -OCH3 is 2. The normalized spacial score (nSPS) is 18.7. The number of nitrogens with zero attached hydrogens (tertiary/aromatic N) is 2. The molecular weight excluding hydrogens is 520 g/mol. The van der Waals surface area contributed by atoms with Gasteiger partial charge in [-0.3, -0.25) is 4.79 Å². The van der Waals surface area contributed by atoms with Crippen LogP contribution in [0.2, 0.25) is 0 Å². The van der Waals surface area contributed by atoms with Gasteiger partial charge in [0.25, 0.3) is 0 Å². The molecule has 0 saturated heterocycles. The van der Waals surface area contributed by atoms with Gasteiger partial charge >= 0.3 is 0 Å². The van der Waals surface area contributed by atoms with E-state index in [9.17, 15) is 13.2 Å². The maximum absolute atomic E-state index is 13.9. The number of rotatable bonds is 7. The van der Waals surface area contributed by atoms with Crippen molar-refractivity contribution in [2.24, 2.45) is 0 Å². The van der Waals surface area contributed by atoms with Crippen molar-refractivity contribution in [1.82, 2.24) is 4.31 Å². The average Bonchev–Trinajstić information content (AvgIpc) is 3.16. The molecule has 2 aliphatic rings. The van der Waals surface area contributed by atoms with Crippen molar-refractivity contribution < 1.29 is 22.7 Å². The lowest BCUT2D eigenvalue weighted by atomic mass is 9.95. The van der Waals surface area contributed by atoms with E-state index in [1.54, 1.807) is 11.0 Å². The summed E-state index contributed by atoms with van der Waals surface area (Å²) in [6.07, 6.45) is 5.23. The molecule has 0 spiro atoms. The van der Waals surface area contributed by atoms with E-state index in [0.717, 1.165) is 54.2 Å². The van der Waals surface area contributed by atoms with Gasteiger partial charge in [0.15, 0.2) is 11.5 Å². The largest absolute Gasteiger partial charge is 0.493 e. The number of carbonyl (C=O) groups is 1. The summed E-state index contributed by atoms with van der Waals surface area (Å²) < 4.78 is 40.7. The summed E-state index contributed by atoms with van der Waals surface area (Å²) in [5.74, 6) is 0.588. The third-order valence-corrected chi connectivity index (χ3v) is 9.15. The van der Waals surface area contributed by atoms with Gasteiger partial charge in [0, 0.05) is 28.3 Å². The van der Waals surface area contributed by atoms with Gasteiger partial charge in [0.1, 0.15) is 0 Å². The van der Waals surface area contributed by atoms with Gasteiger partial charge in [-0.05, 0) is 62.1 Å². The minimum Gasteiger partial charge on any atom is -0.493 e. The molecule has 0 radical (unpaired) electrons. The van der Waals surface area contributed by atoms with Crippen LogP contribution in [0.5, 0.6) is 11.5 Å². The molecule has 0 aromatic heterocycles. The average molecular weight is 552 g/mol. The SMILES string of the molecule is COc1ccc(S(=O)(=O)N(CC(=O)N2c3ccc(Br)cc3CC2C)C2CCCCC2)cc1OC. The van der Waals surface area contributed by atoms with E-state index in [1.807, 2.05) is 25.1 Å². The second-order valence-corrected chi connectivity index (χ2v) is 11.8. The Kier molecular flexibility index (Phi) is 7.54. The smallest absolute Gasteiger partial charge is 0.243 e. The van der Waals surface area contributed by atoms with Gasteiger partial charge in [-0.25, -0.2) is 8.42 Å². The van der Waals surface area contributed by atoms with Crippen LogP contribution in [0, 0.1) is 0 Å². The Morgan fingerprint density at radius 1 is 1.06 bits per heavy atom. The van der Waals surface area contributed by atoms with Crippen LogP contribution in [-0.4, -0.2) is 51.5 Å². The number of carbonyl (C=O) groups excluding carboxylic acids is 1. The molecule has 1 unspecified atom stereocenters. The number of fused-ring (bicyclic) bond motifs is 1. The molecule has 2 aromatic rings. The Bertz CT molecular complexity index is 1160. The summed E-state index contributed by atoms with van der Waals surface area (Å²) in [6.45, 7) is 1.81. The van der Waals surface area contributed by atoms with Crippen LogP contribution in [-0.2, 0) is 21.2 Å². The molecule has 4 rings (SSSR count). The molecule has 1 saturated carbocycles. The first-order chi connectivity index (χ1) is 16.3. The Hall–Kier alpha value is -2.10. The molecule has 1 heterocycles. The molecule has 9 heteroatoms. The van der Waals surface area contributed by atoms with Gasteiger partial charge in [-0.15, -0.1) is 0 Å². The molecule has 0 N–H and O–H groups in total. The highest BCUT2D eigenvalue weighted by Gasteiger charge is 2.38. The number of hydrogen-bond acceptors (Lipinski definition) is 5. The molecule has 2 aromatic carbocycles. The van der Waals surface area contributed by atoms with E-state index >= 15 is 0 Å². The van der Waals surface area contributed by atoms with Gasteiger partial charge in [0.2, 0.25) is 15.9 Å². The van der Waals surface area contributed by atoms with Gasteiger partial charge in [-0.1, -0.05) is 35.2 Å². The molecule has 34 heavy (non-hydrogen) atoms. The third kappa shape index (κ3) is 4.83. The monoisotopic (exact) mass is 550 g/mol. The van der Waals surface area contributed by atoms with Crippen molar-refractivity contribution in [2.75, 3.05) is 25.7 Å². The molecule has 1 atom stereocenters. The van der Waals surface area contributed by atoms with Crippen molar-refractivity contribution in [2.45, 2.75) is 62.4 Å². The maximum Gasteiger partial charge on any atom is 0.243 e. The zero-order valence-electron chi connectivity index (χ0n) is 19.8. The first-order valence-corrected chi connectivity index (χ1v) is 13.8. The highest BCUT2D eigenvalue weighted by molar-refractivity contribution is 9.10. The number of hydrogen-bond donors (Lipinski definition) is 0. The summed E-state index contributed by atoms with van der Waals surface area (Å²) >= 11 is 3.50. The summed E-state index contributed by atoms with van der Waals surface area (Å²) in [6, 6.07) is 10.2. The Labute approximate surface area is 210 Å². The Morgan fingerprint density at radius 2 is 1.76 bits per heavy atom. The second kappa shape index (κ2) is 10.3. The summed E-state index contributed by atoms with van der Waals surface area (Å²) in [7, 11) is -0.962. The Morgan fingerprint density at radius 3 is 2.44 bits per heavy atom. The van der Waals surface area contributed by atoms with Gasteiger partial charge in [-0.2, -0.15) is 4.31 Å². The van der Waals surface area contributed by atoms with Crippen molar-refractivity contribution in [1.29, 1.82) is 0 Å². The first kappa shape index (κ1) is 25.0. The second-order valence-electron chi connectivity index (χ2n) is 8.95. The van der Waals surface area contributed by atoms with Gasteiger partial charge in [0.05, 0.1) is 25.7 Å². The first-order valence-electron chi connectivity index (χ1n) is 11.6.